The van der Waals surface area contributed by atoms with Crippen LogP contribution in [0.2, 0.25) is 0 Å². The van der Waals surface area contributed by atoms with Gasteiger partial charge in [0.2, 0.25) is 10.0 Å². The molecule has 5 heteroatoms. The Morgan fingerprint density at radius 2 is 1.88 bits per heavy atom. The lowest BCUT2D eigenvalue weighted by Crippen LogP contribution is -2.40. The summed E-state index contributed by atoms with van der Waals surface area (Å²) in [4.78, 5) is 0. The summed E-state index contributed by atoms with van der Waals surface area (Å²) < 4.78 is 26.1. The Bertz CT molecular complexity index is 344. The third kappa shape index (κ3) is 2.41. The van der Waals surface area contributed by atoms with Gasteiger partial charge >= 0.3 is 0 Å². The molecule has 0 aromatic rings. The van der Waals surface area contributed by atoms with Crippen LogP contribution >= 0.6 is 0 Å². The van der Waals surface area contributed by atoms with Crippen molar-refractivity contribution in [1.29, 1.82) is 0 Å². The van der Waals surface area contributed by atoms with E-state index in [1.54, 1.807) is 6.92 Å². The largest absolute Gasteiger partial charge is 0.389 e. The predicted octanol–water partition coefficient (Wildman–Crippen LogP) is 1.11. The zero-order chi connectivity index (χ0) is 11.8. The van der Waals surface area contributed by atoms with Gasteiger partial charge in [0.1, 0.15) is 0 Å². The fraction of sp³-hybridized carbons (Fsp3) is 1.00. The maximum Gasteiger partial charge on any atom is 0.217 e. The molecule has 1 saturated carbocycles. The van der Waals surface area contributed by atoms with Crippen LogP contribution in [0.4, 0.5) is 0 Å². The van der Waals surface area contributed by atoms with Crippen LogP contribution < -0.4 is 0 Å². The summed E-state index contributed by atoms with van der Waals surface area (Å²) in [6.07, 6.45) is 5.34. The zero-order valence-electron chi connectivity index (χ0n) is 9.85. The van der Waals surface area contributed by atoms with Gasteiger partial charge in [-0.1, -0.05) is 19.3 Å². The quantitative estimate of drug-likeness (QED) is 0.795. The van der Waals surface area contributed by atoms with E-state index >= 15 is 0 Å². The first-order valence-electron chi connectivity index (χ1n) is 6.13. The minimum Gasteiger partial charge on any atom is -0.389 e. The zero-order valence-corrected chi connectivity index (χ0v) is 10.7. The van der Waals surface area contributed by atoms with Crippen LogP contribution in [0.3, 0.4) is 0 Å². The smallest absolute Gasteiger partial charge is 0.217 e. The van der Waals surface area contributed by atoms with Gasteiger partial charge in [0.15, 0.2) is 0 Å². The first-order chi connectivity index (χ1) is 7.42. The summed E-state index contributed by atoms with van der Waals surface area (Å²) >= 11 is 0. The molecule has 2 rings (SSSR count). The molecule has 2 aliphatic rings. The van der Waals surface area contributed by atoms with Crippen molar-refractivity contribution in [3.8, 4) is 0 Å². The first-order valence-corrected chi connectivity index (χ1v) is 7.63. The van der Waals surface area contributed by atoms with Crippen LogP contribution in [0, 0.1) is 0 Å². The van der Waals surface area contributed by atoms with Crippen molar-refractivity contribution in [3.05, 3.63) is 0 Å². The highest BCUT2D eigenvalue weighted by molar-refractivity contribution is 7.89. The van der Waals surface area contributed by atoms with Gasteiger partial charge in [-0.25, -0.2) is 8.42 Å². The molecule has 0 bridgehead atoms. The van der Waals surface area contributed by atoms with E-state index in [0.717, 1.165) is 32.1 Å². The van der Waals surface area contributed by atoms with E-state index in [4.69, 9.17) is 0 Å². The van der Waals surface area contributed by atoms with Gasteiger partial charge < -0.3 is 5.11 Å². The van der Waals surface area contributed by atoms with Crippen LogP contribution in [0.5, 0.6) is 0 Å². The molecule has 1 unspecified atom stereocenters. The lowest BCUT2D eigenvalue weighted by Gasteiger charge is -2.27. The molecule has 0 aromatic carbocycles. The van der Waals surface area contributed by atoms with E-state index in [1.807, 2.05) is 0 Å². The molecule has 1 saturated heterocycles. The average molecular weight is 247 g/mol. The Morgan fingerprint density at radius 3 is 2.38 bits per heavy atom. The molecule has 0 aromatic heterocycles. The lowest BCUT2D eigenvalue weighted by molar-refractivity contribution is 0.0761. The van der Waals surface area contributed by atoms with Crippen molar-refractivity contribution in [2.75, 3.05) is 13.1 Å². The number of hydrogen-bond acceptors (Lipinski definition) is 3. The fourth-order valence-electron chi connectivity index (χ4n) is 2.69. The molecule has 1 aliphatic carbocycles. The Labute approximate surface area is 97.7 Å². The predicted molar refractivity (Wildman–Crippen MR) is 62.6 cm³/mol. The van der Waals surface area contributed by atoms with Crippen molar-refractivity contribution in [3.63, 3.8) is 0 Å². The minimum absolute atomic E-state index is 0.199. The topological polar surface area (TPSA) is 57.6 Å². The van der Waals surface area contributed by atoms with Crippen molar-refractivity contribution in [1.82, 2.24) is 4.31 Å². The van der Waals surface area contributed by atoms with Crippen LogP contribution in [-0.2, 0) is 10.0 Å². The Balaban J connectivity index is 2.07. The van der Waals surface area contributed by atoms with Crippen molar-refractivity contribution >= 4 is 10.0 Å². The maximum atomic E-state index is 12.3. The fourth-order valence-corrected chi connectivity index (χ4v) is 4.85. The van der Waals surface area contributed by atoms with Crippen LogP contribution in [-0.4, -0.2) is 41.8 Å². The second-order valence-corrected chi connectivity index (χ2v) is 7.60. The van der Waals surface area contributed by atoms with E-state index in [-0.39, 0.29) is 11.8 Å². The molecule has 2 fully saturated rings. The van der Waals surface area contributed by atoms with E-state index in [2.05, 4.69) is 0 Å². The summed E-state index contributed by atoms with van der Waals surface area (Å²) in [5.41, 5.74) is -0.832. The Hall–Kier alpha value is -0.130. The average Bonchev–Trinajstić information content (AvgIpc) is 2.61. The Kier molecular flexibility index (Phi) is 3.29. The van der Waals surface area contributed by atoms with Gasteiger partial charge in [-0.3, -0.25) is 0 Å². The molecule has 0 amide bonds. The van der Waals surface area contributed by atoms with Crippen LogP contribution in [0.1, 0.15) is 45.4 Å². The number of sulfonamides is 1. The molecule has 1 N–H and O–H groups in total. The summed E-state index contributed by atoms with van der Waals surface area (Å²) in [7, 11) is -3.16. The molecular weight excluding hydrogens is 226 g/mol. The highest BCUT2D eigenvalue weighted by Gasteiger charge is 2.41. The molecule has 1 atom stereocenters. The van der Waals surface area contributed by atoms with Crippen molar-refractivity contribution in [2.24, 2.45) is 0 Å². The minimum atomic E-state index is -3.16. The number of β-amino-alcohol motifs (C(OH)–C–C–N with tert-alkyl or cyclic N) is 1. The number of rotatable bonds is 2. The van der Waals surface area contributed by atoms with Gasteiger partial charge in [0.25, 0.3) is 0 Å². The standard InChI is InChI=1S/C11H21NO3S/c1-11(13)7-8-12(9-11)16(14,15)10-5-3-2-4-6-10/h10,13H,2-9H2,1H3. The molecule has 1 heterocycles. The highest BCUT2D eigenvalue weighted by Crippen LogP contribution is 2.30. The molecule has 4 nitrogen and oxygen atoms in total. The van der Waals surface area contributed by atoms with Gasteiger partial charge in [-0.05, 0) is 26.2 Å². The molecule has 94 valence electrons. The molecule has 0 spiro atoms. The van der Waals surface area contributed by atoms with E-state index in [0.29, 0.717) is 13.0 Å². The summed E-state index contributed by atoms with van der Waals surface area (Å²) in [6, 6.07) is 0. The maximum absolute atomic E-state index is 12.3. The van der Waals surface area contributed by atoms with Crippen LogP contribution in [0.15, 0.2) is 0 Å². The first kappa shape index (κ1) is 12.3. The molecule has 16 heavy (non-hydrogen) atoms. The van der Waals surface area contributed by atoms with E-state index < -0.39 is 15.6 Å². The molecular formula is C11H21NO3S. The Morgan fingerprint density at radius 1 is 1.25 bits per heavy atom. The van der Waals surface area contributed by atoms with Gasteiger partial charge in [0, 0.05) is 13.1 Å². The number of hydrogen-bond donors (Lipinski definition) is 1. The second-order valence-electron chi connectivity index (χ2n) is 5.39. The van der Waals surface area contributed by atoms with E-state index in [9.17, 15) is 13.5 Å². The van der Waals surface area contributed by atoms with Crippen molar-refractivity contribution < 1.29 is 13.5 Å². The SMILES string of the molecule is CC1(O)CCN(S(=O)(=O)C2CCCCC2)C1. The van der Waals surface area contributed by atoms with Crippen LogP contribution in [0.25, 0.3) is 0 Å². The summed E-state index contributed by atoms with van der Waals surface area (Å²) in [6.45, 7) is 2.46. The van der Waals surface area contributed by atoms with Gasteiger partial charge in [0.05, 0.1) is 10.9 Å². The molecule has 1 aliphatic heterocycles. The van der Waals surface area contributed by atoms with Gasteiger partial charge in [-0.15, -0.1) is 0 Å². The molecule has 0 radical (unpaired) electrons. The lowest BCUT2D eigenvalue weighted by atomic mass is 10.0. The second kappa shape index (κ2) is 4.27. The third-order valence-electron chi connectivity index (χ3n) is 3.75. The van der Waals surface area contributed by atoms with E-state index in [1.165, 1.54) is 4.31 Å². The van der Waals surface area contributed by atoms with Crippen molar-refractivity contribution in [2.45, 2.75) is 56.3 Å². The summed E-state index contributed by atoms with van der Waals surface area (Å²) in [5.74, 6) is 0. The number of nitrogens with zero attached hydrogens (tertiary/aromatic N) is 1. The van der Waals surface area contributed by atoms with Gasteiger partial charge in [-0.2, -0.15) is 4.31 Å². The number of aliphatic hydroxyl groups is 1. The highest BCUT2D eigenvalue weighted by atomic mass is 32.2. The monoisotopic (exact) mass is 247 g/mol. The third-order valence-corrected chi connectivity index (χ3v) is 6.10. The summed E-state index contributed by atoms with van der Waals surface area (Å²) in [5, 5.41) is 9.62. The normalized spacial score (nSPS) is 34.4.